The quantitative estimate of drug-likeness (QED) is 0.537. The standard InChI is InChI=1S/C27H37N3O4S/c1-5-24(27(32)28-23-15-9-10-16-23)29(18-22-13-7-6-8-14-22)26(31)19-30(35(4,33)34)25-17-11-12-20(2)21(25)3/h6-8,11-14,17,23-24H,5,9-10,15-16,18-19H2,1-4H3,(H,28,32). The van der Waals surface area contributed by atoms with Crippen LogP contribution in [0.1, 0.15) is 55.7 Å². The second-order valence-corrected chi connectivity index (χ2v) is 11.3. The highest BCUT2D eigenvalue weighted by molar-refractivity contribution is 7.92. The largest absolute Gasteiger partial charge is 0.352 e. The molecule has 0 aromatic heterocycles. The molecule has 2 aromatic rings. The van der Waals surface area contributed by atoms with E-state index >= 15 is 0 Å². The third-order valence-electron chi connectivity index (χ3n) is 6.81. The van der Waals surface area contributed by atoms with E-state index in [0.29, 0.717) is 12.1 Å². The molecule has 8 heteroatoms. The van der Waals surface area contributed by atoms with Crippen LogP contribution in [0.2, 0.25) is 0 Å². The Kier molecular flexibility index (Phi) is 8.94. The number of nitrogens with one attached hydrogen (secondary N) is 1. The van der Waals surface area contributed by atoms with Gasteiger partial charge in [-0.05, 0) is 55.9 Å². The van der Waals surface area contributed by atoms with E-state index in [-0.39, 0.29) is 25.0 Å². The molecule has 35 heavy (non-hydrogen) atoms. The van der Waals surface area contributed by atoms with Gasteiger partial charge in [-0.25, -0.2) is 8.42 Å². The molecular formula is C27H37N3O4S. The van der Waals surface area contributed by atoms with Crippen molar-refractivity contribution in [3.8, 4) is 0 Å². The minimum absolute atomic E-state index is 0.132. The molecule has 1 unspecified atom stereocenters. The Morgan fingerprint density at radius 3 is 2.29 bits per heavy atom. The predicted octanol–water partition coefficient (Wildman–Crippen LogP) is 3.94. The van der Waals surface area contributed by atoms with Crippen LogP contribution in [0.5, 0.6) is 0 Å². The number of nitrogens with zero attached hydrogens (tertiary/aromatic N) is 2. The first-order chi connectivity index (χ1) is 16.6. The molecule has 0 spiro atoms. The molecule has 3 rings (SSSR count). The van der Waals surface area contributed by atoms with E-state index in [1.54, 1.807) is 12.1 Å². The van der Waals surface area contributed by atoms with E-state index < -0.39 is 22.0 Å². The van der Waals surface area contributed by atoms with Crippen molar-refractivity contribution in [2.24, 2.45) is 0 Å². The van der Waals surface area contributed by atoms with E-state index in [1.807, 2.05) is 57.2 Å². The number of aryl methyl sites for hydroxylation is 1. The lowest BCUT2D eigenvalue weighted by atomic mass is 10.1. The number of anilines is 1. The number of sulfonamides is 1. The van der Waals surface area contributed by atoms with E-state index in [0.717, 1.165) is 52.9 Å². The van der Waals surface area contributed by atoms with E-state index in [2.05, 4.69) is 5.32 Å². The zero-order valence-electron chi connectivity index (χ0n) is 21.2. The molecule has 0 aliphatic heterocycles. The van der Waals surface area contributed by atoms with Gasteiger partial charge in [0.2, 0.25) is 21.8 Å². The smallest absolute Gasteiger partial charge is 0.244 e. The highest BCUT2D eigenvalue weighted by atomic mass is 32.2. The van der Waals surface area contributed by atoms with Gasteiger partial charge in [0.1, 0.15) is 12.6 Å². The van der Waals surface area contributed by atoms with Crippen molar-refractivity contribution in [1.29, 1.82) is 0 Å². The van der Waals surface area contributed by atoms with Crippen molar-refractivity contribution in [3.63, 3.8) is 0 Å². The van der Waals surface area contributed by atoms with Gasteiger partial charge in [-0.3, -0.25) is 13.9 Å². The van der Waals surface area contributed by atoms with Gasteiger partial charge in [0.05, 0.1) is 11.9 Å². The molecule has 0 saturated heterocycles. The zero-order valence-corrected chi connectivity index (χ0v) is 22.0. The van der Waals surface area contributed by atoms with Crippen LogP contribution in [-0.2, 0) is 26.2 Å². The third-order valence-corrected chi connectivity index (χ3v) is 7.93. The molecule has 1 N–H and O–H groups in total. The lowest BCUT2D eigenvalue weighted by Gasteiger charge is -2.33. The molecule has 1 aliphatic carbocycles. The molecular weight excluding hydrogens is 462 g/mol. The molecule has 2 aromatic carbocycles. The van der Waals surface area contributed by atoms with Crippen molar-refractivity contribution in [2.75, 3.05) is 17.1 Å². The molecule has 0 bridgehead atoms. The zero-order chi connectivity index (χ0) is 25.6. The Labute approximate surface area is 209 Å². The fourth-order valence-electron chi connectivity index (χ4n) is 4.67. The van der Waals surface area contributed by atoms with E-state index in [1.165, 1.54) is 4.90 Å². The van der Waals surface area contributed by atoms with Crippen LogP contribution in [0.4, 0.5) is 5.69 Å². The number of hydrogen-bond donors (Lipinski definition) is 1. The maximum absolute atomic E-state index is 13.8. The molecule has 0 heterocycles. The highest BCUT2D eigenvalue weighted by Gasteiger charge is 2.33. The van der Waals surface area contributed by atoms with E-state index in [4.69, 9.17) is 0 Å². The molecule has 7 nitrogen and oxygen atoms in total. The molecule has 1 saturated carbocycles. The first-order valence-corrected chi connectivity index (χ1v) is 14.1. The summed E-state index contributed by atoms with van der Waals surface area (Å²) in [5.41, 5.74) is 3.09. The molecule has 1 atom stereocenters. The topological polar surface area (TPSA) is 86.8 Å². The van der Waals surface area contributed by atoms with Crippen LogP contribution < -0.4 is 9.62 Å². The Bertz CT molecular complexity index is 1130. The van der Waals surface area contributed by atoms with Gasteiger partial charge in [0.25, 0.3) is 0 Å². The average molecular weight is 500 g/mol. The number of rotatable bonds is 10. The highest BCUT2D eigenvalue weighted by Crippen LogP contribution is 2.26. The summed E-state index contributed by atoms with van der Waals surface area (Å²) in [5.74, 6) is -0.588. The average Bonchev–Trinajstić information content (AvgIpc) is 3.32. The van der Waals surface area contributed by atoms with Gasteiger partial charge in [-0.2, -0.15) is 0 Å². The first-order valence-electron chi connectivity index (χ1n) is 12.3. The lowest BCUT2D eigenvalue weighted by molar-refractivity contribution is -0.140. The van der Waals surface area contributed by atoms with Gasteiger partial charge in [-0.1, -0.05) is 62.2 Å². The number of amides is 2. The predicted molar refractivity (Wildman–Crippen MR) is 140 cm³/mol. The summed E-state index contributed by atoms with van der Waals surface area (Å²) in [6, 6.07) is 14.3. The molecule has 1 aliphatic rings. The molecule has 0 radical (unpaired) electrons. The summed E-state index contributed by atoms with van der Waals surface area (Å²) >= 11 is 0. The molecule has 2 amide bonds. The Morgan fingerprint density at radius 1 is 1.03 bits per heavy atom. The van der Waals surface area contributed by atoms with Gasteiger partial charge in [-0.15, -0.1) is 0 Å². The normalized spacial score (nSPS) is 15.0. The second-order valence-electron chi connectivity index (χ2n) is 9.41. The van der Waals surface area contributed by atoms with Gasteiger partial charge < -0.3 is 10.2 Å². The fraction of sp³-hybridized carbons (Fsp3) is 0.481. The molecule has 190 valence electrons. The van der Waals surface area contributed by atoms with Crippen molar-refractivity contribution in [2.45, 2.75) is 71.5 Å². The van der Waals surface area contributed by atoms with Crippen molar-refractivity contribution in [3.05, 3.63) is 65.2 Å². The Morgan fingerprint density at radius 2 is 1.69 bits per heavy atom. The summed E-state index contributed by atoms with van der Waals surface area (Å²) in [7, 11) is -3.74. The lowest BCUT2D eigenvalue weighted by Crippen LogP contribution is -2.53. The van der Waals surface area contributed by atoms with Crippen LogP contribution >= 0.6 is 0 Å². The van der Waals surface area contributed by atoms with Crippen molar-refractivity contribution >= 4 is 27.5 Å². The maximum atomic E-state index is 13.8. The van der Waals surface area contributed by atoms with Crippen LogP contribution in [-0.4, -0.2) is 50.0 Å². The number of carbonyl (C=O) groups is 2. The van der Waals surface area contributed by atoms with Gasteiger partial charge in [0, 0.05) is 12.6 Å². The van der Waals surface area contributed by atoms with Crippen LogP contribution in [0.15, 0.2) is 48.5 Å². The first kappa shape index (κ1) is 26.7. The number of carbonyl (C=O) groups excluding carboxylic acids is 2. The second kappa shape index (κ2) is 11.7. The summed E-state index contributed by atoms with van der Waals surface area (Å²) in [6.45, 7) is 5.48. The van der Waals surface area contributed by atoms with Crippen LogP contribution in [0, 0.1) is 13.8 Å². The minimum atomic E-state index is -3.74. The summed E-state index contributed by atoms with van der Waals surface area (Å²) in [6.07, 6.45) is 5.61. The number of hydrogen-bond acceptors (Lipinski definition) is 4. The summed E-state index contributed by atoms with van der Waals surface area (Å²) in [4.78, 5) is 28.6. The number of benzene rings is 2. The van der Waals surface area contributed by atoms with Crippen LogP contribution in [0.3, 0.4) is 0 Å². The van der Waals surface area contributed by atoms with Crippen molar-refractivity contribution in [1.82, 2.24) is 10.2 Å². The summed E-state index contributed by atoms with van der Waals surface area (Å²) in [5, 5.41) is 3.12. The van der Waals surface area contributed by atoms with Crippen molar-refractivity contribution < 1.29 is 18.0 Å². The molecule has 1 fully saturated rings. The minimum Gasteiger partial charge on any atom is -0.352 e. The maximum Gasteiger partial charge on any atom is 0.244 e. The van der Waals surface area contributed by atoms with Gasteiger partial charge in [0.15, 0.2) is 0 Å². The third kappa shape index (κ3) is 6.84. The van der Waals surface area contributed by atoms with Crippen LogP contribution in [0.25, 0.3) is 0 Å². The Hall–Kier alpha value is -2.87. The van der Waals surface area contributed by atoms with Gasteiger partial charge >= 0.3 is 0 Å². The monoisotopic (exact) mass is 499 g/mol. The van der Waals surface area contributed by atoms with E-state index in [9.17, 15) is 18.0 Å². The Balaban J connectivity index is 1.93. The SMILES string of the molecule is CCC(C(=O)NC1CCCC1)N(Cc1ccccc1)C(=O)CN(c1cccc(C)c1C)S(C)(=O)=O. The fourth-order valence-corrected chi connectivity index (χ4v) is 5.57. The summed E-state index contributed by atoms with van der Waals surface area (Å²) < 4.78 is 26.7.